The van der Waals surface area contributed by atoms with Crippen LogP contribution in [0, 0.1) is 5.92 Å². The third-order valence-corrected chi connectivity index (χ3v) is 7.73. The number of benzene rings is 1. The van der Waals surface area contributed by atoms with Crippen LogP contribution in [0.25, 0.3) is 0 Å². The summed E-state index contributed by atoms with van der Waals surface area (Å²) in [5.74, 6) is 3.10. The van der Waals surface area contributed by atoms with Gasteiger partial charge in [0.25, 0.3) is 0 Å². The number of rotatable bonds is 6. The molecule has 2 aliphatic heterocycles. The highest BCUT2D eigenvalue weighted by Crippen LogP contribution is 2.62. The monoisotopic (exact) mass is 402 g/mol. The molecule has 156 valence electrons. The van der Waals surface area contributed by atoms with E-state index in [1.165, 1.54) is 30.4 Å². The lowest BCUT2D eigenvalue weighted by Gasteiger charge is -2.48. The van der Waals surface area contributed by atoms with E-state index in [0.717, 1.165) is 30.8 Å². The van der Waals surface area contributed by atoms with E-state index in [-0.39, 0.29) is 11.2 Å². The van der Waals surface area contributed by atoms with Crippen molar-refractivity contribution in [2.24, 2.45) is 5.92 Å². The van der Waals surface area contributed by atoms with E-state index in [2.05, 4.69) is 59.5 Å². The van der Waals surface area contributed by atoms with Crippen LogP contribution in [0.3, 0.4) is 0 Å². The first kappa shape index (κ1) is 20.3. The van der Waals surface area contributed by atoms with Gasteiger partial charge in [-0.25, -0.2) is 0 Å². The summed E-state index contributed by atoms with van der Waals surface area (Å²) < 4.78 is 19.4. The van der Waals surface area contributed by atoms with Crippen molar-refractivity contribution in [1.82, 2.24) is 0 Å². The third kappa shape index (κ3) is 3.75. The van der Waals surface area contributed by atoms with Crippen LogP contribution in [0.4, 0.5) is 0 Å². The lowest BCUT2D eigenvalue weighted by atomic mass is 9.64. The largest absolute Gasteiger partial charge is 0.544 e. The lowest BCUT2D eigenvalue weighted by Crippen LogP contribution is -2.48. The highest BCUT2D eigenvalue weighted by Gasteiger charge is 2.63. The van der Waals surface area contributed by atoms with Crippen molar-refractivity contribution < 1.29 is 13.9 Å². The quantitative estimate of drug-likeness (QED) is 0.311. The van der Waals surface area contributed by atoms with Crippen molar-refractivity contribution in [2.45, 2.75) is 109 Å². The van der Waals surface area contributed by atoms with E-state index in [4.69, 9.17) is 13.9 Å². The molecule has 1 aromatic carbocycles. The smallest absolute Gasteiger partial charge is 0.242 e. The topological polar surface area (TPSA) is 31.0 Å². The lowest BCUT2D eigenvalue weighted by molar-refractivity contribution is -0.00569. The molecule has 4 heteroatoms. The zero-order valence-corrected chi connectivity index (χ0v) is 19.9. The predicted molar refractivity (Wildman–Crippen MR) is 117 cm³/mol. The zero-order chi connectivity index (χ0) is 20.3. The molecule has 0 N–H and O–H groups in total. The number of epoxide rings is 1. The van der Waals surface area contributed by atoms with Gasteiger partial charge in [0.1, 0.15) is 17.1 Å². The maximum atomic E-state index is 6.67. The SMILES string of the molecule is CCCCCc1cc2c(c(O[Si](C)(C)C)c1)C1CC3(C)OC3CC1C(C)(C)O2. The Morgan fingerprint density at radius 1 is 1.14 bits per heavy atom. The van der Waals surface area contributed by atoms with Crippen molar-refractivity contribution in [2.75, 3.05) is 0 Å². The molecule has 3 nitrogen and oxygen atoms in total. The molecule has 0 bridgehead atoms. The average Bonchev–Trinajstić information content (AvgIpc) is 3.21. The number of aryl methyl sites for hydroxylation is 1. The normalized spacial score (nSPS) is 32.6. The first-order chi connectivity index (χ1) is 13.0. The Kier molecular flexibility index (Phi) is 4.90. The molecule has 2 fully saturated rings. The van der Waals surface area contributed by atoms with Crippen LogP contribution in [0.2, 0.25) is 19.6 Å². The van der Waals surface area contributed by atoms with Crippen molar-refractivity contribution in [3.8, 4) is 11.5 Å². The average molecular weight is 403 g/mol. The number of ether oxygens (including phenoxy) is 2. The molecule has 0 amide bonds. The van der Waals surface area contributed by atoms with E-state index in [9.17, 15) is 0 Å². The summed E-state index contributed by atoms with van der Waals surface area (Å²) in [6.45, 7) is 15.9. The molecule has 4 rings (SSSR count). The fourth-order valence-corrected chi connectivity index (χ4v) is 6.24. The molecule has 4 unspecified atom stereocenters. The second-order valence-corrected chi connectivity index (χ2v) is 15.4. The summed E-state index contributed by atoms with van der Waals surface area (Å²) in [5, 5.41) is 0. The van der Waals surface area contributed by atoms with Gasteiger partial charge in [0.2, 0.25) is 8.32 Å². The summed E-state index contributed by atoms with van der Waals surface area (Å²) in [6.07, 6.45) is 7.44. The molecule has 1 saturated carbocycles. The van der Waals surface area contributed by atoms with Crippen LogP contribution < -0.4 is 9.16 Å². The van der Waals surface area contributed by atoms with Gasteiger partial charge in [-0.15, -0.1) is 0 Å². The molecule has 2 heterocycles. The Morgan fingerprint density at radius 2 is 1.89 bits per heavy atom. The molecule has 4 atom stereocenters. The van der Waals surface area contributed by atoms with Gasteiger partial charge in [-0.1, -0.05) is 19.8 Å². The van der Waals surface area contributed by atoms with Crippen LogP contribution in [0.5, 0.6) is 11.5 Å². The first-order valence-corrected chi connectivity index (χ1v) is 14.7. The maximum Gasteiger partial charge on any atom is 0.242 e. The Balaban J connectivity index is 1.76. The highest BCUT2D eigenvalue weighted by atomic mass is 28.4. The van der Waals surface area contributed by atoms with Crippen LogP contribution in [0.1, 0.15) is 76.8 Å². The number of unbranched alkanes of at least 4 members (excludes halogenated alkanes) is 2. The summed E-state index contributed by atoms with van der Waals surface area (Å²) in [5.41, 5.74) is 2.57. The predicted octanol–water partition coefficient (Wildman–Crippen LogP) is 6.46. The maximum absolute atomic E-state index is 6.67. The van der Waals surface area contributed by atoms with Crippen molar-refractivity contribution in [1.29, 1.82) is 0 Å². The molecule has 1 aliphatic carbocycles. The Bertz CT molecular complexity index is 751. The van der Waals surface area contributed by atoms with Gasteiger partial charge in [0.15, 0.2) is 0 Å². The van der Waals surface area contributed by atoms with Gasteiger partial charge >= 0.3 is 0 Å². The third-order valence-electron chi connectivity index (χ3n) is 6.90. The van der Waals surface area contributed by atoms with Gasteiger partial charge < -0.3 is 13.9 Å². The van der Waals surface area contributed by atoms with Gasteiger partial charge in [-0.2, -0.15) is 0 Å². The number of fused-ring (bicyclic) bond motifs is 4. The van der Waals surface area contributed by atoms with E-state index in [0.29, 0.717) is 17.9 Å². The molecule has 0 aromatic heterocycles. The Hall–Kier alpha value is -1.00. The minimum Gasteiger partial charge on any atom is -0.544 e. The van der Waals surface area contributed by atoms with Crippen LogP contribution >= 0.6 is 0 Å². The molecule has 3 aliphatic rings. The summed E-state index contributed by atoms with van der Waals surface area (Å²) in [6, 6.07) is 4.63. The van der Waals surface area contributed by atoms with E-state index >= 15 is 0 Å². The second-order valence-electron chi connectivity index (χ2n) is 11.0. The van der Waals surface area contributed by atoms with Crippen LogP contribution in [-0.2, 0) is 11.2 Å². The minimum atomic E-state index is -1.72. The second kappa shape index (κ2) is 6.77. The fraction of sp³-hybridized carbons (Fsp3) is 0.750. The molecule has 1 saturated heterocycles. The number of hydrogen-bond donors (Lipinski definition) is 0. The first-order valence-electron chi connectivity index (χ1n) is 11.2. The fourth-order valence-electron chi connectivity index (χ4n) is 5.42. The molecular weight excluding hydrogens is 364 g/mol. The van der Waals surface area contributed by atoms with Crippen molar-refractivity contribution in [3.63, 3.8) is 0 Å². The Labute approximate surface area is 172 Å². The highest BCUT2D eigenvalue weighted by molar-refractivity contribution is 6.70. The summed E-state index contributed by atoms with van der Waals surface area (Å²) in [7, 11) is -1.72. The molecule has 0 spiro atoms. The van der Waals surface area contributed by atoms with Gasteiger partial charge in [0.05, 0.1) is 11.7 Å². The van der Waals surface area contributed by atoms with Crippen molar-refractivity contribution in [3.05, 3.63) is 23.3 Å². The van der Waals surface area contributed by atoms with Crippen LogP contribution in [0.15, 0.2) is 12.1 Å². The van der Waals surface area contributed by atoms with E-state index in [1.54, 1.807) is 0 Å². The Morgan fingerprint density at radius 3 is 2.57 bits per heavy atom. The van der Waals surface area contributed by atoms with Gasteiger partial charge in [0, 0.05) is 17.4 Å². The summed E-state index contributed by atoms with van der Waals surface area (Å²) in [4.78, 5) is 0. The minimum absolute atomic E-state index is 0.0576. The zero-order valence-electron chi connectivity index (χ0n) is 18.9. The molecule has 0 radical (unpaired) electrons. The van der Waals surface area contributed by atoms with Gasteiger partial charge in [-0.05, 0) is 83.8 Å². The van der Waals surface area contributed by atoms with Crippen LogP contribution in [-0.4, -0.2) is 25.6 Å². The van der Waals surface area contributed by atoms with E-state index < -0.39 is 8.32 Å². The number of hydrogen-bond acceptors (Lipinski definition) is 3. The van der Waals surface area contributed by atoms with E-state index in [1.807, 2.05) is 0 Å². The molecule has 1 aromatic rings. The summed E-state index contributed by atoms with van der Waals surface area (Å²) >= 11 is 0. The van der Waals surface area contributed by atoms with Gasteiger partial charge in [-0.3, -0.25) is 0 Å². The molecule has 28 heavy (non-hydrogen) atoms. The standard InChI is InChI=1S/C24H38O3Si/c1-8-9-10-11-16-12-19-22(20(13-16)27-28(5,6)7)17-15-24(4)21(26-24)14-18(17)23(2,3)25-19/h12-13,17-18,21H,8-11,14-15H2,1-7H3. The molecular formula is C24H38O3Si. The van der Waals surface area contributed by atoms with Crippen molar-refractivity contribution >= 4 is 8.32 Å².